The van der Waals surface area contributed by atoms with Crippen molar-refractivity contribution in [3.8, 4) is 0 Å². The van der Waals surface area contributed by atoms with Gasteiger partial charge in [-0.3, -0.25) is 4.79 Å². The number of carbonyl (C=O) groups is 1. The minimum Gasteiger partial charge on any atom is -0.355 e. The fraction of sp³-hybridized carbons (Fsp3) is 0.278. The van der Waals surface area contributed by atoms with Gasteiger partial charge in [-0.05, 0) is 37.6 Å². The summed E-state index contributed by atoms with van der Waals surface area (Å²) in [7, 11) is -3.28. The molecule has 0 aliphatic carbocycles. The van der Waals surface area contributed by atoms with Crippen LogP contribution in [0.4, 0.5) is 0 Å². The van der Waals surface area contributed by atoms with E-state index in [1.165, 1.54) is 11.8 Å². The maximum atomic E-state index is 12.1. The third-order valence-corrected chi connectivity index (χ3v) is 6.35. The smallest absolute Gasteiger partial charge is 0.233 e. The van der Waals surface area contributed by atoms with Crippen LogP contribution in [0.3, 0.4) is 0 Å². The quantitative estimate of drug-likeness (QED) is 0.578. The first-order valence-corrected chi connectivity index (χ1v) is 10.3. The molecule has 1 unspecified atom stereocenters. The molecule has 128 valence electrons. The van der Waals surface area contributed by atoms with E-state index in [-0.39, 0.29) is 16.9 Å². The van der Waals surface area contributed by atoms with E-state index in [1.54, 1.807) is 30.3 Å². The van der Waals surface area contributed by atoms with Crippen LogP contribution in [-0.4, -0.2) is 31.9 Å². The van der Waals surface area contributed by atoms with Crippen LogP contribution in [0.5, 0.6) is 0 Å². The van der Waals surface area contributed by atoms with Gasteiger partial charge in [-0.2, -0.15) is 0 Å². The van der Waals surface area contributed by atoms with Gasteiger partial charge in [0.15, 0.2) is 9.84 Å². The zero-order valence-electron chi connectivity index (χ0n) is 13.5. The van der Waals surface area contributed by atoms with E-state index in [2.05, 4.69) is 5.32 Å². The van der Waals surface area contributed by atoms with Crippen molar-refractivity contribution in [1.29, 1.82) is 0 Å². The number of sulfone groups is 1. The lowest BCUT2D eigenvalue weighted by Crippen LogP contribution is -2.32. The number of benzene rings is 2. The molecule has 0 saturated carbocycles. The standard InChI is InChI=1S/C18H21NO3S2/c1-15(23-16-9-4-2-5-10-16)18(20)19-13-8-14-24(21,22)17-11-6-3-7-12-17/h2-7,9-12,15H,8,13-14H2,1H3,(H,19,20). The van der Waals surface area contributed by atoms with E-state index in [0.29, 0.717) is 17.9 Å². The van der Waals surface area contributed by atoms with Gasteiger partial charge < -0.3 is 5.32 Å². The molecule has 2 aromatic rings. The highest BCUT2D eigenvalue weighted by Crippen LogP contribution is 2.22. The first-order chi connectivity index (χ1) is 11.5. The summed E-state index contributed by atoms with van der Waals surface area (Å²) in [6.07, 6.45) is 0.395. The Morgan fingerprint density at radius 1 is 1.04 bits per heavy atom. The second-order valence-corrected chi connectivity index (χ2v) is 8.87. The highest BCUT2D eigenvalue weighted by molar-refractivity contribution is 8.00. The van der Waals surface area contributed by atoms with Gasteiger partial charge in [0.05, 0.1) is 15.9 Å². The summed E-state index contributed by atoms with van der Waals surface area (Å²) in [5.74, 6) is -0.0571. The van der Waals surface area contributed by atoms with Crippen molar-refractivity contribution < 1.29 is 13.2 Å². The van der Waals surface area contributed by atoms with Crippen molar-refractivity contribution in [2.24, 2.45) is 0 Å². The van der Waals surface area contributed by atoms with Crippen molar-refractivity contribution in [2.45, 2.75) is 28.4 Å². The summed E-state index contributed by atoms with van der Waals surface area (Å²) in [5, 5.41) is 2.58. The molecule has 6 heteroatoms. The summed E-state index contributed by atoms with van der Waals surface area (Å²) in [4.78, 5) is 13.4. The molecule has 0 bridgehead atoms. The van der Waals surface area contributed by atoms with Gasteiger partial charge >= 0.3 is 0 Å². The largest absolute Gasteiger partial charge is 0.355 e. The molecule has 1 N–H and O–H groups in total. The molecule has 4 nitrogen and oxygen atoms in total. The van der Waals surface area contributed by atoms with Crippen LogP contribution < -0.4 is 5.32 Å². The molecule has 0 aliphatic rings. The lowest BCUT2D eigenvalue weighted by molar-refractivity contribution is -0.120. The predicted octanol–water partition coefficient (Wildman–Crippen LogP) is 3.15. The maximum absolute atomic E-state index is 12.1. The van der Waals surface area contributed by atoms with Crippen LogP contribution in [0, 0.1) is 0 Å². The summed E-state index contributed by atoms with van der Waals surface area (Å²) < 4.78 is 24.3. The van der Waals surface area contributed by atoms with Crippen molar-refractivity contribution in [2.75, 3.05) is 12.3 Å². The van der Waals surface area contributed by atoms with E-state index in [9.17, 15) is 13.2 Å². The lowest BCUT2D eigenvalue weighted by Gasteiger charge is -2.12. The van der Waals surface area contributed by atoms with E-state index in [0.717, 1.165) is 4.90 Å². The number of hydrogen-bond acceptors (Lipinski definition) is 4. The number of carbonyl (C=O) groups excluding carboxylic acids is 1. The Morgan fingerprint density at radius 3 is 2.25 bits per heavy atom. The van der Waals surface area contributed by atoms with E-state index < -0.39 is 9.84 Å². The highest BCUT2D eigenvalue weighted by atomic mass is 32.2. The van der Waals surface area contributed by atoms with Crippen molar-refractivity contribution in [3.05, 3.63) is 60.7 Å². The third-order valence-electron chi connectivity index (χ3n) is 3.42. The van der Waals surface area contributed by atoms with Gasteiger partial charge in [0, 0.05) is 11.4 Å². The number of amides is 1. The molecule has 0 spiro atoms. The molecule has 0 radical (unpaired) electrons. The number of hydrogen-bond donors (Lipinski definition) is 1. The summed E-state index contributed by atoms with van der Waals surface area (Å²) in [6.45, 7) is 2.19. The molecule has 0 aliphatic heterocycles. The van der Waals surface area contributed by atoms with Crippen molar-refractivity contribution >= 4 is 27.5 Å². The average molecular weight is 364 g/mol. The minimum absolute atomic E-state index is 0.0253. The Bertz CT molecular complexity index is 746. The third kappa shape index (κ3) is 5.69. The van der Waals surface area contributed by atoms with Crippen LogP contribution in [0.1, 0.15) is 13.3 Å². The van der Waals surface area contributed by atoms with Crippen molar-refractivity contribution in [1.82, 2.24) is 5.32 Å². The predicted molar refractivity (Wildman–Crippen MR) is 97.9 cm³/mol. The van der Waals surface area contributed by atoms with Gasteiger partial charge in [-0.1, -0.05) is 36.4 Å². The molecular weight excluding hydrogens is 342 g/mol. The molecule has 1 atom stereocenters. The minimum atomic E-state index is -3.28. The molecule has 0 heterocycles. The monoisotopic (exact) mass is 363 g/mol. The van der Waals surface area contributed by atoms with Crippen LogP contribution in [0.15, 0.2) is 70.5 Å². The first-order valence-electron chi connectivity index (χ1n) is 7.76. The second kappa shape index (κ2) is 8.89. The van der Waals surface area contributed by atoms with E-state index in [4.69, 9.17) is 0 Å². The zero-order valence-corrected chi connectivity index (χ0v) is 15.1. The molecule has 2 aromatic carbocycles. The summed E-state index contributed by atoms with van der Waals surface area (Å²) in [5.41, 5.74) is 0. The van der Waals surface area contributed by atoms with Gasteiger partial charge in [-0.25, -0.2) is 8.42 Å². The van der Waals surface area contributed by atoms with Crippen molar-refractivity contribution in [3.63, 3.8) is 0 Å². The Balaban J connectivity index is 1.74. The van der Waals surface area contributed by atoms with Crippen LogP contribution in [0.2, 0.25) is 0 Å². The topological polar surface area (TPSA) is 63.2 Å². The molecule has 0 fully saturated rings. The van der Waals surface area contributed by atoms with E-state index >= 15 is 0 Å². The number of rotatable bonds is 8. The van der Waals surface area contributed by atoms with Gasteiger partial charge in [0.25, 0.3) is 0 Å². The highest BCUT2D eigenvalue weighted by Gasteiger charge is 2.16. The fourth-order valence-electron chi connectivity index (χ4n) is 2.12. The normalized spacial score (nSPS) is 12.5. The lowest BCUT2D eigenvalue weighted by atomic mass is 10.4. The summed E-state index contributed by atoms with van der Waals surface area (Å²) in [6, 6.07) is 18.1. The Hall–Kier alpha value is -1.79. The average Bonchev–Trinajstić information content (AvgIpc) is 2.60. The van der Waals surface area contributed by atoms with Gasteiger partial charge in [-0.15, -0.1) is 11.8 Å². The van der Waals surface area contributed by atoms with E-state index in [1.807, 2.05) is 37.3 Å². The number of nitrogens with one attached hydrogen (secondary N) is 1. The molecular formula is C18H21NO3S2. The SMILES string of the molecule is CC(Sc1ccccc1)C(=O)NCCCS(=O)(=O)c1ccccc1. The Morgan fingerprint density at radius 2 is 1.62 bits per heavy atom. The second-order valence-electron chi connectivity index (χ2n) is 5.35. The number of thioether (sulfide) groups is 1. The Labute approximate surface area is 147 Å². The fourth-order valence-corrected chi connectivity index (χ4v) is 4.36. The molecule has 0 aromatic heterocycles. The van der Waals surface area contributed by atoms with Crippen LogP contribution in [-0.2, 0) is 14.6 Å². The molecule has 0 saturated heterocycles. The van der Waals surface area contributed by atoms with Gasteiger partial charge in [0.2, 0.25) is 5.91 Å². The summed E-state index contributed by atoms with van der Waals surface area (Å²) >= 11 is 1.48. The Kier molecular flexibility index (Phi) is 6.87. The van der Waals surface area contributed by atoms with Crippen LogP contribution in [0.25, 0.3) is 0 Å². The zero-order chi connectivity index (χ0) is 17.4. The maximum Gasteiger partial charge on any atom is 0.233 e. The molecule has 24 heavy (non-hydrogen) atoms. The van der Waals surface area contributed by atoms with Crippen LogP contribution >= 0.6 is 11.8 Å². The van der Waals surface area contributed by atoms with Gasteiger partial charge in [0.1, 0.15) is 0 Å². The molecule has 2 rings (SSSR count). The first kappa shape index (κ1) is 18.5. The molecule has 1 amide bonds.